The van der Waals surface area contributed by atoms with E-state index in [-0.39, 0.29) is 11.6 Å². The number of pyridine rings is 7. The number of fused-ring (bicyclic) bond motifs is 7. The Hall–Kier alpha value is -10.6. The van der Waals surface area contributed by atoms with Gasteiger partial charge in [-0.1, -0.05) is 91.0 Å². The fourth-order valence-corrected chi connectivity index (χ4v) is 14.8. The Labute approximate surface area is 623 Å². The topological polar surface area (TPSA) is 213 Å². The van der Waals surface area contributed by atoms with E-state index in [1.165, 1.54) is 124 Å². The number of aromatic nitrogens is 13. The highest BCUT2D eigenvalue weighted by atomic mass is 32.1. The third-order valence-corrected chi connectivity index (χ3v) is 20.3. The summed E-state index contributed by atoms with van der Waals surface area (Å²) in [6, 6.07) is 48.1. The van der Waals surface area contributed by atoms with E-state index in [2.05, 4.69) is 185 Å². The van der Waals surface area contributed by atoms with Gasteiger partial charge in [0.05, 0.1) is 35.8 Å². The van der Waals surface area contributed by atoms with Crippen LogP contribution in [0.2, 0.25) is 0 Å². The first-order chi connectivity index (χ1) is 51.1. The summed E-state index contributed by atoms with van der Waals surface area (Å²) in [5, 5.41) is 1.21. The largest absolute Gasteiger partial charge is 0.348 e. The zero-order valence-electron chi connectivity index (χ0n) is 61.9. The highest BCUT2D eigenvalue weighted by Gasteiger charge is 2.25. The van der Waals surface area contributed by atoms with Crippen molar-refractivity contribution in [2.24, 2.45) is 11.8 Å². The summed E-state index contributed by atoms with van der Waals surface area (Å²) >= 11 is 5.06. The van der Waals surface area contributed by atoms with Crippen LogP contribution in [0.5, 0.6) is 0 Å². The number of rotatable bonds is 6. The number of H-pyrrole nitrogens is 4. The monoisotopic (exact) mass is 1410 g/mol. The summed E-state index contributed by atoms with van der Waals surface area (Å²) < 4.78 is 0.718. The van der Waals surface area contributed by atoms with Crippen molar-refractivity contribution >= 4 is 52.4 Å². The summed E-state index contributed by atoms with van der Waals surface area (Å²) in [5.74, 6) is 1.63. The lowest BCUT2D eigenvalue weighted by Gasteiger charge is -2.23. The van der Waals surface area contributed by atoms with E-state index >= 15 is 0 Å². The lowest BCUT2D eigenvalue weighted by Crippen LogP contribution is -2.18. The molecule has 105 heavy (non-hydrogen) atoms. The fraction of sp³-hybridized carbons (Fsp3) is 0.326. The SMILES string of the molecule is Cc1ccc2c(n1)C(=Cc1ccccc1)CCC2.Cc1ccc2c(n1)C(=O)C(=Cc1cnc[nH]1)CC2.Cc1ccc2c(n1)C(=O)CCC2.Cc1ccc2c(n1)CC(Cc1c[nH]c(=S)[nH]1)CC2.Cc1ccc2c(n1)CC(Cc1cnc[nH]1)CC2.Cc1ccc2c(n1)CCCC2.Cc1ccc2ccccc2n1. The molecule has 0 bridgehead atoms. The number of imidazole rings is 3. The van der Waals surface area contributed by atoms with Gasteiger partial charge in [0.1, 0.15) is 11.4 Å². The molecule has 536 valence electrons. The molecule has 2 aromatic carbocycles. The normalized spacial score (nSPS) is 16.6. The van der Waals surface area contributed by atoms with Crippen LogP contribution in [0.1, 0.15) is 197 Å². The van der Waals surface area contributed by atoms with Crippen LogP contribution in [0.3, 0.4) is 0 Å². The maximum Gasteiger partial charge on any atom is 0.207 e. The van der Waals surface area contributed by atoms with Crippen LogP contribution in [-0.4, -0.2) is 76.4 Å². The molecule has 6 aliphatic rings. The van der Waals surface area contributed by atoms with E-state index in [9.17, 15) is 9.59 Å². The molecule has 0 fully saturated rings. The number of ketones is 2. The predicted molar refractivity (Wildman–Crippen MR) is 424 cm³/mol. The third-order valence-electron chi connectivity index (χ3n) is 20.1. The number of carbonyl (C=O) groups excluding carboxylic acids is 2. The van der Waals surface area contributed by atoms with Crippen LogP contribution in [0, 0.1) is 65.1 Å². The van der Waals surface area contributed by atoms with E-state index < -0.39 is 0 Å². The molecule has 2 unspecified atom stereocenters. The first kappa shape index (κ1) is 74.1. The van der Waals surface area contributed by atoms with Crippen molar-refractivity contribution in [1.29, 1.82) is 0 Å². The van der Waals surface area contributed by atoms with Crippen molar-refractivity contribution in [2.45, 2.75) is 177 Å². The van der Waals surface area contributed by atoms with Crippen LogP contribution in [0.4, 0.5) is 0 Å². The van der Waals surface area contributed by atoms with Gasteiger partial charge in [-0.3, -0.25) is 34.5 Å². The molecular weight excluding hydrogens is 1320 g/mol. The second kappa shape index (κ2) is 36.2. The summed E-state index contributed by atoms with van der Waals surface area (Å²) in [6.07, 6.45) is 35.2. The van der Waals surface area contributed by atoms with Crippen molar-refractivity contribution in [3.8, 4) is 0 Å². The number of Topliss-reactive ketones (excluding diaryl/α,β-unsaturated/α-hetero) is 2. The van der Waals surface area contributed by atoms with Gasteiger partial charge in [-0.25, -0.2) is 19.9 Å². The Morgan fingerprint density at radius 1 is 0.410 bits per heavy atom. The Bertz CT molecular complexity index is 5050. The molecule has 0 amide bonds. The van der Waals surface area contributed by atoms with Crippen LogP contribution >= 0.6 is 12.2 Å². The number of hydrogen-bond donors (Lipinski definition) is 4. The molecule has 10 aromatic heterocycles. The van der Waals surface area contributed by atoms with Crippen LogP contribution in [0.25, 0.3) is 28.6 Å². The van der Waals surface area contributed by atoms with Crippen molar-refractivity contribution in [3.05, 3.63) is 311 Å². The van der Waals surface area contributed by atoms with Crippen LogP contribution in [-0.2, 0) is 70.6 Å². The van der Waals surface area contributed by atoms with Crippen molar-refractivity contribution < 1.29 is 9.59 Å². The highest BCUT2D eigenvalue weighted by molar-refractivity contribution is 7.71. The van der Waals surface area contributed by atoms with Crippen LogP contribution < -0.4 is 0 Å². The molecule has 0 spiro atoms. The number of nitrogens with one attached hydrogen (secondary N) is 4. The molecule has 0 radical (unpaired) electrons. The number of carbonyl (C=O) groups is 2. The summed E-state index contributed by atoms with van der Waals surface area (Å²) in [4.78, 5) is 75.7. The minimum absolute atomic E-state index is 0.0366. The number of hydrogen-bond acceptors (Lipinski definition) is 12. The van der Waals surface area contributed by atoms with E-state index in [1.54, 1.807) is 18.9 Å². The molecule has 2 atom stereocenters. The molecule has 6 aliphatic carbocycles. The number of nitrogens with zero attached hydrogens (tertiary/aromatic N) is 9. The lowest BCUT2D eigenvalue weighted by atomic mass is 9.84. The molecular formula is C89H97N13O2S. The zero-order chi connectivity index (χ0) is 73.0. The van der Waals surface area contributed by atoms with Gasteiger partial charge in [0.2, 0.25) is 5.78 Å². The zero-order valence-corrected chi connectivity index (χ0v) is 62.7. The fourth-order valence-electron chi connectivity index (χ4n) is 14.6. The summed E-state index contributed by atoms with van der Waals surface area (Å²) in [7, 11) is 0. The van der Waals surface area contributed by atoms with Gasteiger partial charge in [-0.05, 0) is 300 Å². The first-order valence-electron chi connectivity index (χ1n) is 37.4. The van der Waals surface area contributed by atoms with Gasteiger partial charge in [0.15, 0.2) is 10.6 Å². The molecule has 0 aliphatic heterocycles. The van der Waals surface area contributed by atoms with Crippen molar-refractivity contribution in [1.82, 2.24) is 64.8 Å². The molecule has 0 saturated heterocycles. The molecule has 12 aromatic rings. The van der Waals surface area contributed by atoms with Crippen molar-refractivity contribution in [2.75, 3.05) is 0 Å². The molecule has 4 N–H and O–H groups in total. The maximum absolute atomic E-state index is 12.3. The molecule has 0 saturated carbocycles. The Balaban J connectivity index is 0.000000116. The summed E-state index contributed by atoms with van der Waals surface area (Å²) in [6.45, 7) is 14.1. The van der Waals surface area contributed by atoms with Gasteiger partial charge in [-0.15, -0.1) is 0 Å². The number of aromatic amines is 4. The minimum Gasteiger partial charge on any atom is -0.348 e. The first-order valence-corrected chi connectivity index (χ1v) is 37.8. The third kappa shape index (κ3) is 21.1. The quantitative estimate of drug-likeness (QED) is 0.0904. The number of para-hydroxylation sites is 1. The summed E-state index contributed by atoms with van der Waals surface area (Å²) in [5.41, 5.74) is 29.6. The average Bonchev–Trinajstić information content (AvgIpc) is 1.83. The van der Waals surface area contributed by atoms with Gasteiger partial charge in [-0.2, -0.15) is 0 Å². The Kier molecular flexibility index (Phi) is 25.6. The van der Waals surface area contributed by atoms with E-state index in [1.807, 2.05) is 87.8 Å². The molecule has 18 rings (SSSR count). The lowest BCUT2D eigenvalue weighted by molar-refractivity contribution is 0.0965. The number of benzene rings is 2. The number of allylic oxidation sites excluding steroid dienone is 2. The van der Waals surface area contributed by atoms with E-state index in [4.69, 9.17) is 17.2 Å². The molecule has 15 nitrogen and oxygen atoms in total. The van der Waals surface area contributed by atoms with E-state index in [0.717, 1.165) is 143 Å². The van der Waals surface area contributed by atoms with E-state index in [0.29, 0.717) is 29.6 Å². The second-order valence-corrected chi connectivity index (χ2v) is 29.0. The predicted octanol–water partition coefficient (Wildman–Crippen LogP) is 18.9. The maximum atomic E-state index is 12.3. The Morgan fingerprint density at radius 2 is 0.924 bits per heavy atom. The van der Waals surface area contributed by atoms with Crippen LogP contribution in [0.15, 0.2) is 176 Å². The average molecular weight is 1410 g/mol. The Morgan fingerprint density at radius 3 is 1.55 bits per heavy atom. The number of aryl methyl sites for hydroxylation is 14. The van der Waals surface area contributed by atoms with Gasteiger partial charge < -0.3 is 19.9 Å². The smallest absolute Gasteiger partial charge is 0.207 e. The highest BCUT2D eigenvalue weighted by Crippen LogP contribution is 2.33. The van der Waals surface area contributed by atoms with Gasteiger partial charge in [0, 0.05) is 98.1 Å². The van der Waals surface area contributed by atoms with Crippen molar-refractivity contribution in [3.63, 3.8) is 0 Å². The standard InChI is InChI=1S/C17H17N.C14H13N3O.C14H17N3S.C14H17N3.C10H11NO.C10H13N.C10H9N/c1-13-10-11-15-8-5-9-16(17(15)18-13)12-14-6-3-2-4-7-14;1-9-2-3-10-4-5-11(14(18)13(10)17-9)6-12-7-15-8-16-12;1-9-2-4-11-5-3-10(7-13(11)16-9)6-12-8-15-14(18)17-12;1-10-2-4-12-5-3-11(7-14(12)17-10)6-13-8-15-9-16-13;1-7-5-6-8-3-2-4-9(12)10(8)11-7;2*1-8-6-7-9-4-2-3-5-10(9)11-8/h2-4,6-7,10-12H,5,8-9H2,1H3;2-3,6-8H,4-5H2,1H3,(H,15,16);2,4,8,10H,3,5-7H2,1H3,(H2,15,17,18);2,4,8-9,11H,3,5-7H2,1H3,(H,15,16);5-6H,2-4H2,1H3;6-7H,2-5H2,1H3;2-7H,1H3. The molecule has 16 heteroatoms. The second-order valence-electron chi connectivity index (χ2n) is 28.6. The molecule has 10 heterocycles. The van der Waals surface area contributed by atoms with Gasteiger partial charge >= 0.3 is 0 Å². The van der Waals surface area contributed by atoms with Gasteiger partial charge in [0.25, 0.3) is 0 Å². The minimum atomic E-state index is 0.0366.